The van der Waals surface area contributed by atoms with Crippen LogP contribution in [0.5, 0.6) is 0 Å². The molecule has 0 saturated heterocycles. The number of urea groups is 1. The zero-order valence-electron chi connectivity index (χ0n) is 13.3. The lowest BCUT2D eigenvalue weighted by Gasteiger charge is -2.33. The summed E-state index contributed by atoms with van der Waals surface area (Å²) < 4.78 is 6.19. The fourth-order valence-corrected chi connectivity index (χ4v) is 3.10. The molecular formula is C16H19BrN2O3S. The molecule has 7 heteroatoms. The number of thioether (sulfide) groups is 1. The molecule has 1 N–H and O–H groups in total. The van der Waals surface area contributed by atoms with Crippen LogP contribution in [0, 0.1) is 0 Å². The highest BCUT2D eigenvalue weighted by atomic mass is 79.9. The SMILES string of the molecule is CSCCOC(=O)C1=C(C)N(C)C(=O)N[C@@H]1c1ccccc1Br. The predicted octanol–water partition coefficient (Wildman–Crippen LogP) is 3.33. The number of carbonyl (C=O) groups is 2. The van der Waals surface area contributed by atoms with Crippen LogP contribution >= 0.6 is 27.7 Å². The molecule has 0 saturated carbocycles. The Kier molecular flexibility index (Phi) is 6.12. The molecule has 0 radical (unpaired) electrons. The minimum absolute atomic E-state index is 0.246. The van der Waals surface area contributed by atoms with E-state index in [-0.39, 0.29) is 6.03 Å². The van der Waals surface area contributed by atoms with Gasteiger partial charge in [-0.05, 0) is 24.8 Å². The van der Waals surface area contributed by atoms with E-state index in [0.29, 0.717) is 17.9 Å². The number of nitrogens with one attached hydrogen (secondary N) is 1. The first-order valence-corrected chi connectivity index (χ1v) is 9.31. The summed E-state index contributed by atoms with van der Waals surface area (Å²) in [6, 6.07) is 6.74. The number of rotatable bonds is 5. The van der Waals surface area contributed by atoms with Crippen molar-refractivity contribution < 1.29 is 14.3 Å². The average Bonchev–Trinajstić information content (AvgIpc) is 2.53. The molecule has 0 bridgehead atoms. The van der Waals surface area contributed by atoms with Crippen LogP contribution in [0.2, 0.25) is 0 Å². The Morgan fingerprint density at radius 2 is 2.13 bits per heavy atom. The molecule has 0 aliphatic carbocycles. The minimum atomic E-state index is -0.531. The number of nitrogens with zero attached hydrogens (tertiary/aromatic N) is 1. The van der Waals surface area contributed by atoms with Gasteiger partial charge < -0.3 is 15.0 Å². The summed E-state index contributed by atoms with van der Waals surface area (Å²) in [5.74, 6) is 0.337. The first-order valence-electron chi connectivity index (χ1n) is 7.12. The van der Waals surface area contributed by atoms with Crippen LogP contribution < -0.4 is 5.32 Å². The summed E-state index contributed by atoms with van der Waals surface area (Å²) in [5, 5.41) is 2.87. The van der Waals surface area contributed by atoms with Gasteiger partial charge in [-0.2, -0.15) is 11.8 Å². The van der Waals surface area contributed by atoms with Gasteiger partial charge >= 0.3 is 12.0 Å². The largest absolute Gasteiger partial charge is 0.461 e. The van der Waals surface area contributed by atoms with E-state index in [1.54, 1.807) is 25.7 Å². The summed E-state index contributed by atoms with van der Waals surface area (Å²) in [6.07, 6.45) is 1.96. The molecule has 23 heavy (non-hydrogen) atoms. The van der Waals surface area contributed by atoms with E-state index in [1.807, 2.05) is 30.5 Å². The molecule has 1 aromatic carbocycles. The number of allylic oxidation sites excluding steroid dienone is 1. The second-order valence-electron chi connectivity index (χ2n) is 5.09. The van der Waals surface area contributed by atoms with Gasteiger partial charge in [0.2, 0.25) is 0 Å². The maximum Gasteiger partial charge on any atom is 0.338 e. The van der Waals surface area contributed by atoms with E-state index in [0.717, 1.165) is 15.8 Å². The van der Waals surface area contributed by atoms with Crippen molar-refractivity contribution in [2.45, 2.75) is 13.0 Å². The highest BCUT2D eigenvalue weighted by Crippen LogP contribution is 2.34. The van der Waals surface area contributed by atoms with Crippen molar-refractivity contribution in [2.24, 2.45) is 0 Å². The Bertz CT molecular complexity index is 648. The quantitative estimate of drug-likeness (QED) is 0.610. The van der Waals surface area contributed by atoms with Crippen molar-refractivity contribution >= 4 is 39.7 Å². The smallest absolute Gasteiger partial charge is 0.338 e. The van der Waals surface area contributed by atoms with E-state index in [2.05, 4.69) is 21.2 Å². The van der Waals surface area contributed by atoms with Crippen LogP contribution in [0.25, 0.3) is 0 Å². The fourth-order valence-electron chi connectivity index (χ4n) is 2.34. The van der Waals surface area contributed by atoms with Crippen LogP contribution in [0.4, 0.5) is 4.79 Å². The third-order valence-electron chi connectivity index (χ3n) is 3.71. The predicted molar refractivity (Wildman–Crippen MR) is 95.2 cm³/mol. The number of hydrogen-bond acceptors (Lipinski definition) is 4. The topological polar surface area (TPSA) is 58.6 Å². The third kappa shape index (κ3) is 3.90. The highest BCUT2D eigenvalue weighted by molar-refractivity contribution is 9.10. The maximum atomic E-state index is 12.5. The molecule has 1 aliphatic rings. The summed E-state index contributed by atoms with van der Waals surface area (Å²) in [4.78, 5) is 26.1. The van der Waals surface area contributed by atoms with Crippen molar-refractivity contribution in [2.75, 3.05) is 25.7 Å². The van der Waals surface area contributed by atoms with Crippen LogP contribution in [0.3, 0.4) is 0 Å². The van der Waals surface area contributed by atoms with E-state index in [1.165, 1.54) is 4.90 Å². The van der Waals surface area contributed by atoms with Crippen LogP contribution in [-0.4, -0.2) is 42.6 Å². The van der Waals surface area contributed by atoms with Crippen LogP contribution in [0.15, 0.2) is 40.0 Å². The van der Waals surface area contributed by atoms with Crippen LogP contribution in [-0.2, 0) is 9.53 Å². The Morgan fingerprint density at radius 1 is 1.43 bits per heavy atom. The number of hydrogen-bond donors (Lipinski definition) is 1. The van der Waals surface area contributed by atoms with Crippen LogP contribution in [0.1, 0.15) is 18.5 Å². The summed E-state index contributed by atoms with van der Waals surface area (Å²) in [6.45, 7) is 2.10. The Morgan fingerprint density at radius 3 is 2.78 bits per heavy atom. The Labute approximate surface area is 148 Å². The van der Waals surface area contributed by atoms with Crippen molar-refractivity contribution in [1.29, 1.82) is 0 Å². The number of amides is 2. The van der Waals surface area contributed by atoms with Crippen molar-refractivity contribution in [3.05, 3.63) is 45.6 Å². The van der Waals surface area contributed by atoms with E-state index < -0.39 is 12.0 Å². The van der Waals surface area contributed by atoms with Gasteiger partial charge in [-0.25, -0.2) is 9.59 Å². The molecule has 2 amide bonds. The lowest BCUT2D eigenvalue weighted by atomic mass is 9.95. The minimum Gasteiger partial charge on any atom is -0.461 e. The Balaban J connectivity index is 2.40. The molecule has 2 rings (SSSR count). The van der Waals surface area contributed by atoms with Gasteiger partial charge in [0.05, 0.1) is 11.6 Å². The molecule has 1 heterocycles. The van der Waals surface area contributed by atoms with Gasteiger partial charge in [-0.1, -0.05) is 34.1 Å². The number of carbonyl (C=O) groups excluding carboxylic acids is 2. The number of benzene rings is 1. The van der Waals surface area contributed by atoms with Crippen molar-refractivity contribution in [1.82, 2.24) is 10.2 Å². The second kappa shape index (κ2) is 7.88. The van der Waals surface area contributed by atoms with Crippen molar-refractivity contribution in [3.63, 3.8) is 0 Å². The molecule has 5 nitrogen and oxygen atoms in total. The van der Waals surface area contributed by atoms with Crippen molar-refractivity contribution in [3.8, 4) is 0 Å². The number of esters is 1. The molecule has 0 spiro atoms. The van der Waals surface area contributed by atoms with Gasteiger partial charge in [0.15, 0.2) is 0 Å². The van der Waals surface area contributed by atoms with Gasteiger partial charge in [0, 0.05) is 23.0 Å². The molecule has 1 atom stereocenters. The van der Waals surface area contributed by atoms with E-state index >= 15 is 0 Å². The zero-order valence-corrected chi connectivity index (χ0v) is 15.7. The number of ether oxygens (including phenoxy) is 1. The summed E-state index contributed by atoms with van der Waals surface area (Å²) >= 11 is 5.10. The van der Waals surface area contributed by atoms with E-state index in [9.17, 15) is 9.59 Å². The molecule has 0 aromatic heterocycles. The fraction of sp³-hybridized carbons (Fsp3) is 0.375. The molecular weight excluding hydrogens is 380 g/mol. The van der Waals surface area contributed by atoms with E-state index in [4.69, 9.17) is 4.74 Å². The summed E-state index contributed by atoms with van der Waals surface area (Å²) in [5.41, 5.74) is 1.88. The maximum absolute atomic E-state index is 12.5. The van der Waals surface area contributed by atoms with Gasteiger partial charge in [-0.3, -0.25) is 0 Å². The molecule has 1 aliphatic heterocycles. The average molecular weight is 399 g/mol. The Hall–Kier alpha value is -1.47. The molecule has 124 valence electrons. The molecule has 0 unspecified atom stereocenters. The first-order chi connectivity index (χ1) is 11.0. The second-order valence-corrected chi connectivity index (χ2v) is 6.93. The zero-order chi connectivity index (χ0) is 17.0. The number of halogens is 1. The lowest BCUT2D eigenvalue weighted by Crippen LogP contribution is -2.46. The molecule has 0 fully saturated rings. The highest BCUT2D eigenvalue weighted by Gasteiger charge is 2.35. The monoisotopic (exact) mass is 398 g/mol. The summed E-state index contributed by atoms with van der Waals surface area (Å²) in [7, 11) is 1.64. The first kappa shape index (κ1) is 17.9. The van der Waals surface area contributed by atoms with Gasteiger partial charge in [0.1, 0.15) is 6.61 Å². The van der Waals surface area contributed by atoms with Gasteiger partial charge in [0.25, 0.3) is 0 Å². The normalized spacial score (nSPS) is 18.0. The lowest BCUT2D eigenvalue weighted by molar-refractivity contribution is -0.139. The molecule has 1 aromatic rings. The third-order valence-corrected chi connectivity index (χ3v) is 5.01. The van der Waals surface area contributed by atoms with Gasteiger partial charge in [-0.15, -0.1) is 0 Å². The standard InChI is InChI=1S/C16H19BrN2O3S/c1-10-13(15(20)22-8-9-23-3)14(18-16(21)19(10)2)11-6-4-5-7-12(11)17/h4-7,14H,8-9H2,1-3H3,(H,18,21)/t14-/m1/s1.